The van der Waals surface area contributed by atoms with Gasteiger partial charge in [0.1, 0.15) is 0 Å². The van der Waals surface area contributed by atoms with Gasteiger partial charge in [-0.05, 0) is 12.2 Å². The zero-order valence-corrected chi connectivity index (χ0v) is 8.60. The molecule has 4 nitrogen and oxygen atoms in total. The van der Waals surface area contributed by atoms with Gasteiger partial charge in [-0.2, -0.15) is 11.8 Å². The van der Waals surface area contributed by atoms with Crippen molar-refractivity contribution in [3.63, 3.8) is 0 Å². The fourth-order valence-electron chi connectivity index (χ4n) is 0.598. The predicted molar refractivity (Wildman–Crippen MR) is 50.8 cm³/mol. The lowest BCUT2D eigenvalue weighted by atomic mass is 10.1. The second-order valence-electron chi connectivity index (χ2n) is 2.66. The standard InChI is InChI=1S/C8H14O4S/c1-6(8(10)11)3-4-13-5-7(9)12-2/h6H,3-5H2,1-2H3,(H,10,11). The van der Waals surface area contributed by atoms with Crippen molar-refractivity contribution in [2.45, 2.75) is 13.3 Å². The zero-order chi connectivity index (χ0) is 10.3. The molecule has 0 aromatic carbocycles. The average Bonchev–Trinajstić information content (AvgIpc) is 2.11. The highest BCUT2D eigenvalue weighted by atomic mass is 32.2. The van der Waals surface area contributed by atoms with Crippen molar-refractivity contribution in [2.75, 3.05) is 18.6 Å². The van der Waals surface area contributed by atoms with Crippen LogP contribution < -0.4 is 0 Å². The molecule has 0 aliphatic rings. The quantitative estimate of drug-likeness (QED) is 0.519. The summed E-state index contributed by atoms with van der Waals surface area (Å²) in [5, 5.41) is 8.54. The van der Waals surface area contributed by atoms with E-state index < -0.39 is 5.97 Å². The van der Waals surface area contributed by atoms with Gasteiger partial charge in [0.2, 0.25) is 0 Å². The van der Waals surface area contributed by atoms with E-state index in [1.807, 2.05) is 0 Å². The number of carbonyl (C=O) groups is 2. The van der Waals surface area contributed by atoms with Gasteiger partial charge >= 0.3 is 11.9 Å². The van der Waals surface area contributed by atoms with E-state index >= 15 is 0 Å². The van der Waals surface area contributed by atoms with Gasteiger partial charge in [0, 0.05) is 0 Å². The third-order valence-electron chi connectivity index (χ3n) is 1.56. The first-order chi connectivity index (χ1) is 6.07. The Kier molecular flexibility index (Phi) is 6.40. The average molecular weight is 206 g/mol. The highest BCUT2D eigenvalue weighted by Gasteiger charge is 2.10. The normalized spacial score (nSPS) is 12.2. The number of carbonyl (C=O) groups excluding carboxylic acids is 1. The number of esters is 1. The number of ether oxygens (including phenoxy) is 1. The number of hydrogen-bond acceptors (Lipinski definition) is 4. The highest BCUT2D eigenvalue weighted by Crippen LogP contribution is 2.09. The summed E-state index contributed by atoms with van der Waals surface area (Å²) in [5.41, 5.74) is 0. The number of aliphatic carboxylic acids is 1. The Labute approximate surface area is 81.6 Å². The molecule has 1 unspecified atom stereocenters. The molecule has 13 heavy (non-hydrogen) atoms. The van der Waals surface area contributed by atoms with Gasteiger partial charge in [0.15, 0.2) is 0 Å². The molecule has 0 bridgehead atoms. The summed E-state index contributed by atoms with van der Waals surface area (Å²) in [6.07, 6.45) is 0.580. The van der Waals surface area contributed by atoms with Crippen molar-refractivity contribution in [3.05, 3.63) is 0 Å². The van der Waals surface area contributed by atoms with Crippen molar-refractivity contribution in [3.8, 4) is 0 Å². The Morgan fingerprint density at radius 3 is 2.62 bits per heavy atom. The maximum atomic E-state index is 10.6. The maximum Gasteiger partial charge on any atom is 0.315 e. The molecule has 0 aliphatic carbocycles. The highest BCUT2D eigenvalue weighted by molar-refractivity contribution is 7.99. The molecule has 1 atom stereocenters. The zero-order valence-electron chi connectivity index (χ0n) is 7.78. The fraction of sp³-hybridized carbons (Fsp3) is 0.750. The van der Waals surface area contributed by atoms with Crippen LogP contribution in [0, 0.1) is 5.92 Å². The Hall–Kier alpha value is -0.710. The molecule has 0 aliphatic heterocycles. The van der Waals surface area contributed by atoms with Crippen LogP contribution in [0.15, 0.2) is 0 Å². The van der Waals surface area contributed by atoms with Gasteiger partial charge in [-0.25, -0.2) is 0 Å². The molecular weight excluding hydrogens is 192 g/mol. The summed E-state index contributed by atoms with van der Waals surface area (Å²) >= 11 is 1.39. The number of methoxy groups -OCH3 is 1. The lowest BCUT2D eigenvalue weighted by molar-refractivity contribution is -0.141. The van der Waals surface area contributed by atoms with Crippen LogP contribution in [0.25, 0.3) is 0 Å². The van der Waals surface area contributed by atoms with Gasteiger partial charge < -0.3 is 9.84 Å². The first kappa shape index (κ1) is 12.3. The Morgan fingerprint density at radius 1 is 1.54 bits per heavy atom. The van der Waals surface area contributed by atoms with E-state index in [1.165, 1.54) is 18.9 Å². The van der Waals surface area contributed by atoms with Crippen molar-refractivity contribution in [1.29, 1.82) is 0 Å². The van der Waals surface area contributed by atoms with E-state index in [1.54, 1.807) is 6.92 Å². The van der Waals surface area contributed by atoms with E-state index in [2.05, 4.69) is 4.74 Å². The van der Waals surface area contributed by atoms with Crippen LogP contribution >= 0.6 is 11.8 Å². The second kappa shape index (κ2) is 6.77. The van der Waals surface area contributed by atoms with Gasteiger partial charge in [-0.15, -0.1) is 0 Å². The topological polar surface area (TPSA) is 63.6 Å². The summed E-state index contributed by atoms with van der Waals surface area (Å²) in [7, 11) is 1.34. The molecule has 0 rings (SSSR count). The minimum Gasteiger partial charge on any atom is -0.481 e. The number of rotatable bonds is 6. The predicted octanol–water partition coefficient (Wildman–Crippen LogP) is 1.00. The molecule has 0 aromatic heterocycles. The lowest BCUT2D eigenvalue weighted by Crippen LogP contribution is -2.11. The van der Waals surface area contributed by atoms with Gasteiger partial charge in [0.05, 0.1) is 18.8 Å². The monoisotopic (exact) mass is 206 g/mol. The maximum absolute atomic E-state index is 10.6. The third-order valence-corrected chi connectivity index (χ3v) is 2.53. The van der Waals surface area contributed by atoms with Crippen molar-refractivity contribution in [1.82, 2.24) is 0 Å². The minimum atomic E-state index is -0.793. The van der Waals surface area contributed by atoms with Crippen LogP contribution in [0.3, 0.4) is 0 Å². The molecule has 0 saturated heterocycles. The number of carboxylic acids is 1. The Balaban J connectivity index is 3.35. The van der Waals surface area contributed by atoms with Gasteiger partial charge in [0.25, 0.3) is 0 Å². The van der Waals surface area contributed by atoms with Crippen LogP contribution in [0.2, 0.25) is 0 Å². The smallest absolute Gasteiger partial charge is 0.315 e. The van der Waals surface area contributed by atoms with Crippen LogP contribution in [0.4, 0.5) is 0 Å². The summed E-state index contributed by atoms with van der Waals surface area (Å²) < 4.78 is 4.43. The first-order valence-electron chi connectivity index (χ1n) is 3.95. The van der Waals surface area contributed by atoms with Crippen LogP contribution in [-0.4, -0.2) is 35.7 Å². The van der Waals surface area contributed by atoms with E-state index in [9.17, 15) is 9.59 Å². The van der Waals surface area contributed by atoms with Crippen molar-refractivity contribution < 1.29 is 19.4 Å². The molecule has 0 aromatic rings. The largest absolute Gasteiger partial charge is 0.481 e. The molecule has 0 saturated carbocycles. The SMILES string of the molecule is COC(=O)CSCCC(C)C(=O)O. The van der Waals surface area contributed by atoms with Crippen molar-refractivity contribution >= 4 is 23.7 Å². The molecule has 0 fully saturated rings. The minimum absolute atomic E-state index is 0.270. The molecule has 1 N–H and O–H groups in total. The molecule has 76 valence electrons. The molecule has 0 heterocycles. The van der Waals surface area contributed by atoms with Crippen LogP contribution in [0.1, 0.15) is 13.3 Å². The van der Waals surface area contributed by atoms with E-state index in [4.69, 9.17) is 5.11 Å². The first-order valence-corrected chi connectivity index (χ1v) is 5.10. The number of hydrogen-bond donors (Lipinski definition) is 1. The van der Waals surface area contributed by atoms with E-state index in [0.29, 0.717) is 17.9 Å². The molecule has 0 amide bonds. The Bertz CT molecular complexity index is 181. The molecule has 0 radical (unpaired) electrons. The second-order valence-corrected chi connectivity index (χ2v) is 3.76. The van der Waals surface area contributed by atoms with Crippen LogP contribution in [-0.2, 0) is 14.3 Å². The van der Waals surface area contributed by atoms with E-state index in [-0.39, 0.29) is 11.9 Å². The fourth-order valence-corrected chi connectivity index (χ4v) is 1.55. The Morgan fingerprint density at radius 2 is 2.15 bits per heavy atom. The summed E-state index contributed by atoms with van der Waals surface area (Å²) in [4.78, 5) is 21.0. The number of thioether (sulfide) groups is 1. The summed E-state index contributed by atoms with van der Waals surface area (Å²) in [6, 6.07) is 0. The molecular formula is C8H14O4S. The summed E-state index contributed by atoms with van der Waals surface area (Å²) in [5.74, 6) is -0.442. The lowest BCUT2D eigenvalue weighted by Gasteiger charge is -2.04. The van der Waals surface area contributed by atoms with E-state index in [0.717, 1.165) is 0 Å². The van der Waals surface area contributed by atoms with Gasteiger partial charge in [-0.1, -0.05) is 6.92 Å². The van der Waals surface area contributed by atoms with Crippen LogP contribution in [0.5, 0.6) is 0 Å². The summed E-state index contributed by atoms with van der Waals surface area (Å²) in [6.45, 7) is 1.65. The van der Waals surface area contributed by atoms with Gasteiger partial charge in [-0.3, -0.25) is 9.59 Å². The number of carboxylic acid groups (broad SMARTS) is 1. The third kappa shape index (κ3) is 6.45. The molecule has 0 spiro atoms. The molecule has 5 heteroatoms. The van der Waals surface area contributed by atoms with Crippen molar-refractivity contribution in [2.24, 2.45) is 5.92 Å².